The minimum Gasteiger partial charge on any atom is -0.0622 e. The number of fused-ring (bicyclic) bond motifs is 1. The zero-order chi connectivity index (χ0) is 13.1. The SMILES string of the molecule is CC(C)c1ccc2cc1-2.CC(C)c1ccccc1. The highest BCUT2D eigenvalue weighted by atomic mass is 14.2. The van der Waals surface area contributed by atoms with Crippen LogP contribution in [0.5, 0.6) is 0 Å². The van der Waals surface area contributed by atoms with E-state index >= 15 is 0 Å². The van der Waals surface area contributed by atoms with Gasteiger partial charge in [-0.15, -0.1) is 0 Å². The van der Waals surface area contributed by atoms with Gasteiger partial charge in [-0.2, -0.15) is 0 Å². The van der Waals surface area contributed by atoms with Gasteiger partial charge in [-0.3, -0.25) is 0 Å². The molecule has 3 rings (SSSR count). The van der Waals surface area contributed by atoms with Gasteiger partial charge in [0.15, 0.2) is 0 Å². The molecular formula is C18H22. The van der Waals surface area contributed by atoms with E-state index in [9.17, 15) is 0 Å². The molecule has 0 saturated heterocycles. The molecule has 0 saturated carbocycles. The summed E-state index contributed by atoms with van der Waals surface area (Å²) in [6, 6.07) is 17.2. The molecule has 0 aliphatic heterocycles. The molecule has 0 fully saturated rings. The van der Waals surface area contributed by atoms with Gasteiger partial charge in [-0.1, -0.05) is 70.2 Å². The Morgan fingerprint density at radius 3 is 1.67 bits per heavy atom. The van der Waals surface area contributed by atoms with Crippen LogP contribution in [0.3, 0.4) is 0 Å². The normalized spacial score (nSPS) is 11.2. The van der Waals surface area contributed by atoms with Crippen LogP contribution in [0.2, 0.25) is 0 Å². The molecule has 0 aromatic heterocycles. The van der Waals surface area contributed by atoms with E-state index in [4.69, 9.17) is 0 Å². The van der Waals surface area contributed by atoms with Crippen LogP contribution < -0.4 is 0 Å². The molecule has 0 heterocycles. The summed E-state index contributed by atoms with van der Waals surface area (Å²) in [7, 11) is 0. The van der Waals surface area contributed by atoms with Crippen LogP contribution in [-0.4, -0.2) is 0 Å². The van der Waals surface area contributed by atoms with E-state index < -0.39 is 0 Å². The van der Waals surface area contributed by atoms with Gasteiger partial charge in [0, 0.05) is 0 Å². The fourth-order valence-electron chi connectivity index (χ4n) is 2.12. The monoisotopic (exact) mass is 238 g/mol. The number of rotatable bonds is 2. The number of hydrogen-bond acceptors (Lipinski definition) is 0. The molecule has 0 atom stereocenters. The average molecular weight is 238 g/mol. The van der Waals surface area contributed by atoms with Crippen LogP contribution in [0, 0.1) is 0 Å². The summed E-state index contributed by atoms with van der Waals surface area (Å²) in [5, 5.41) is 0. The summed E-state index contributed by atoms with van der Waals surface area (Å²) in [6.45, 7) is 8.88. The van der Waals surface area contributed by atoms with Gasteiger partial charge in [0.1, 0.15) is 0 Å². The molecule has 0 nitrogen and oxygen atoms in total. The average Bonchev–Trinajstić information content (AvgIpc) is 3.01. The summed E-state index contributed by atoms with van der Waals surface area (Å²) >= 11 is 0. The summed E-state index contributed by atoms with van der Waals surface area (Å²) in [5.41, 5.74) is 5.89. The van der Waals surface area contributed by atoms with Gasteiger partial charge in [-0.05, 0) is 40.2 Å². The molecule has 1 aromatic rings. The first-order valence-electron chi connectivity index (χ1n) is 6.79. The molecule has 0 amide bonds. The van der Waals surface area contributed by atoms with Crippen molar-refractivity contribution >= 4 is 0 Å². The Kier molecular flexibility index (Phi) is 3.86. The third kappa shape index (κ3) is 3.01. The molecular weight excluding hydrogens is 216 g/mol. The van der Waals surface area contributed by atoms with E-state index in [1.54, 1.807) is 0 Å². The van der Waals surface area contributed by atoms with Gasteiger partial charge >= 0.3 is 0 Å². The topological polar surface area (TPSA) is 0 Å². The summed E-state index contributed by atoms with van der Waals surface area (Å²) in [6.07, 6.45) is 0. The lowest BCUT2D eigenvalue weighted by molar-refractivity contribution is 0.867. The molecule has 1 aromatic carbocycles. The van der Waals surface area contributed by atoms with Crippen molar-refractivity contribution in [3.8, 4) is 11.1 Å². The second-order valence-electron chi connectivity index (χ2n) is 5.52. The molecule has 18 heavy (non-hydrogen) atoms. The van der Waals surface area contributed by atoms with Crippen molar-refractivity contribution < 1.29 is 0 Å². The Bertz CT molecular complexity index is 507. The Hall–Kier alpha value is -1.56. The highest BCUT2D eigenvalue weighted by Gasteiger charge is 2.18. The Morgan fingerprint density at radius 1 is 0.722 bits per heavy atom. The van der Waals surface area contributed by atoms with Crippen LogP contribution in [0.1, 0.15) is 50.7 Å². The lowest BCUT2D eigenvalue weighted by Crippen LogP contribution is -1.83. The molecule has 0 bridgehead atoms. The molecule has 0 unspecified atom stereocenters. The van der Waals surface area contributed by atoms with Crippen molar-refractivity contribution in [2.75, 3.05) is 0 Å². The lowest BCUT2D eigenvalue weighted by atomic mass is 10.0. The Morgan fingerprint density at radius 2 is 1.39 bits per heavy atom. The van der Waals surface area contributed by atoms with E-state index in [0.717, 1.165) is 0 Å². The molecule has 94 valence electrons. The van der Waals surface area contributed by atoms with E-state index in [2.05, 4.69) is 70.2 Å². The van der Waals surface area contributed by atoms with Gasteiger partial charge in [0.25, 0.3) is 0 Å². The number of benzene rings is 2. The summed E-state index contributed by atoms with van der Waals surface area (Å²) in [5.74, 6) is 1.36. The van der Waals surface area contributed by atoms with E-state index in [1.165, 1.54) is 22.3 Å². The zero-order valence-electron chi connectivity index (χ0n) is 11.8. The third-order valence-electron chi connectivity index (χ3n) is 3.37. The van der Waals surface area contributed by atoms with Crippen molar-refractivity contribution in [2.24, 2.45) is 0 Å². The summed E-state index contributed by atoms with van der Waals surface area (Å²) < 4.78 is 0. The summed E-state index contributed by atoms with van der Waals surface area (Å²) in [4.78, 5) is 0. The smallest absolute Gasteiger partial charge is 0.0143 e. The molecule has 0 radical (unpaired) electrons. The van der Waals surface area contributed by atoms with Crippen LogP contribution in [0.25, 0.3) is 11.1 Å². The maximum absolute atomic E-state index is 2.25. The first-order valence-corrected chi connectivity index (χ1v) is 6.79. The van der Waals surface area contributed by atoms with Gasteiger partial charge in [0.05, 0.1) is 0 Å². The zero-order valence-corrected chi connectivity index (χ0v) is 11.8. The highest BCUT2D eigenvalue weighted by molar-refractivity contribution is 5.84. The van der Waals surface area contributed by atoms with Crippen molar-refractivity contribution in [3.05, 3.63) is 59.7 Å². The highest BCUT2D eigenvalue weighted by Crippen LogP contribution is 2.41. The van der Waals surface area contributed by atoms with Crippen molar-refractivity contribution in [1.29, 1.82) is 0 Å². The largest absolute Gasteiger partial charge is 0.0622 e. The Labute approximate surface area is 111 Å². The first-order chi connectivity index (χ1) is 8.59. The maximum Gasteiger partial charge on any atom is -0.0143 e. The van der Waals surface area contributed by atoms with E-state index in [0.29, 0.717) is 11.8 Å². The number of hydrogen-bond donors (Lipinski definition) is 0. The predicted molar refractivity (Wildman–Crippen MR) is 80.1 cm³/mol. The predicted octanol–water partition coefficient (Wildman–Crippen LogP) is 5.60. The fourth-order valence-corrected chi connectivity index (χ4v) is 2.12. The first kappa shape index (κ1) is 12.9. The van der Waals surface area contributed by atoms with Crippen LogP contribution >= 0.6 is 0 Å². The second kappa shape index (κ2) is 5.39. The van der Waals surface area contributed by atoms with Crippen molar-refractivity contribution in [2.45, 2.75) is 39.5 Å². The van der Waals surface area contributed by atoms with Gasteiger partial charge in [-0.25, -0.2) is 0 Å². The Balaban J connectivity index is 0.000000134. The molecule has 2 aliphatic rings. The minimum atomic E-state index is 0.659. The van der Waals surface area contributed by atoms with Gasteiger partial charge in [0.2, 0.25) is 0 Å². The van der Waals surface area contributed by atoms with Crippen LogP contribution in [0.4, 0.5) is 0 Å². The third-order valence-corrected chi connectivity index (χ3v) is 3.37. The van der Waals surface area contributed by atoms with E-state index in [1.807, 2.05) is 6.07 Å². The second-order valence-corrected chi connectivity index (χ2v) is 5.52. The maximum atomic E-state index is 2.25. The minimum absolute atomic E-state index is 0.659. The van der Waals surface area contributed by atoms with Crippen LogP contribution in [0.15, 0.2) is 48.5 Å². The van der Waals surface area contributed by atoms with Crippen molar-refractivity contribution in [3.63, 3.8) is 0 Å². The van der Waals surface area contributed by atoms with Crippen molar-refractivity contribution in [1.82, 2.24) is 0 Å². The molecule has 0 N–H and O–H groups in total. The van der Waals surface area contributed by atoms with Gasteiger partial charge < -0.3 is 0 Å². The standard InChI is InChI=1S/C9H10.C9H12/c1-6(2)8-4-3-7-5-9(7)8;1-8(2)9-6-4-3-5-7-9/h3-6H,1-2H3;3-8H,1-2H3. The van der Waals surface area contributed by atoms with Crippen LogP contribution in [-0.2, 0) is 0 Å². The lowest BCUT2D eigenvalue weighted by Gasteiger charge is -2.01. The fraction of sp³-hybridized carbons (Fsp3) is 0.333. The molecule has 0 heteroatoms. The van der Waals surface area contributed by atoms with E-state index in [-0.39, 0.29) is 0 Å². The molecule has 2 aliphatic carbocycles. The quantitative estimate of drug-likeness (QED) is 0.545. The molecule has 0 spiro atoms.